The van der Waals surface area contributed by atoms with E-state index in [2.05, 4.69) is 10.6 Å². The minimum Gasteiger partial charge on any atom is -0.380 e. The molecular formula is C12H16N2O. The van der Waals surface area contributed by atoms with Gasteiger partial charge in [-0.05, 0) is 31.5 Å². The average Bonchev–Trinajstić information content (AvgIpc) is 2.29. The van der Waals surface area contributed by atoms with Crippen molar-refractivity contribution in [3.8, 4) is 0 Å². The van der Waals surface area contributed by atoms with Crippen LogP contribution in [-0.4, -0.2) is 11.9 Å². The zero-order valence-corrected chi connectivity index (χ0v) is 9.29. The maximum absolute atomic E-state index is 11.7. The van der Waals surface area contributed by atoms with Crippen molar-refractivity contribution in [1.82, 2.24) is 0 Å². The molecule has 2 rings (SSSR count). The van der Waals surface area contributed by atoms with Crippen LogP contribution in [0.1, 0.15) is 19.4 Å². The van der Waals surface area contributed by atoms with Gasteiger partial charge in [0, 0.05) is 6.04 Å². The van der Waals surface area contributed by atoms with Crippen LogP contribution in [0.2, 0.25) is 0 Å². The summed E-state index contributed by atoms with van der Waals surface area (Å²) in [5, 5.41) is 6.29. The lowest BCUT2D eigenvalue weighted by molar-refractivity contribution is -0.119. The molecule has 3 heteroatoms. The van der Waals surface area contributed by atoms with E-state index in [1.165, 1.54) is 0 Å². The molecule has 2 atom stereocenters. The van der Waals surface area contributed by atoms with Crippen LogP contribution in [0.3, 0.4) is 0 Å². The number of hydrogen-bond donors (Lipinski definition) is 2. The third-order valence-electron chi connectivity index (χ3n) is 2.98. The van der Waals surface area contributed by atoms with E-state index in [1.54, 1.807) is 0 Å². The Bertz CT molecular complexity index is 401. The first-order valence-electron chi connectivity index (χ1n) is 5.26. The van der Waals surface area contributed by atoms with Gasteiger partial charge in [0.1, 0.15) is 0 Å². The van der Waals surface area contributed by atoms with Crippen LogP contribution in [0.4, 0.5) is 11.4 Å². The van der Waals surface area contributed by atoms with Crippen molar-refractivity contribution in [2.75, 3.05) is 10.6 Å². The van der Waals surface area contributed by atoms with Gasteiger partial charge in [-0.1, -0.05) is 13.0 Å². The lowest BCUT2D eigenvalue weighted by Crippen LogP contribution is -2.30. The van der Waals surface area contributed by atoms with Crippen LogP contribution in [0.5, 0.6) is 0 Å². The first-order valence-corrected chi connectivity index (χ1v) is 5.26. The van der Waals surface area contributed by atoms with Crippen molar-refractivity contribution in [1.29, 1.82) is 0 Å². The average molecular weight is 204 g/mol. The Hall–Kier alpha value is -1.51. The zero-order chi connectivity index (χ0) is 11.0. The summed E-state index contributed by atoms with van der Waals surface area (Å²) >= 11 is 0. The second-order valence-electron chi connectivity index (χ2n) is 4.26. The minimum absolute atomic E-state index is 0.0160. The Labute approximate surface area is 89.9 Å². The fraction of sp³-hybridized carbons (Fsp3) is 0.417. The summed E-state index contributed by atoms with van der Waals surface area (Å²) in [7, 11) is 0. The molecule has 1 aliphatic heterocycles. The van der Waals surface area contributed by atoms with E-state index in [-0.39, 0.29) is 17.9 Å². The number of fused-ring (bicyclic) bond motifs is 1. The fourth-order valence-electron chi connectivity index (χ4n) is 1.73. The van der Waals surface area contributed by atoms with Crippen molar-refractivity contribution < 1.29 is 4.79 Å². The van der Waals surface area contributed by atoms with Gasteiger partial charge < -0.3 is 10.6 Å². The third-order valence-corrected chi connectivity index (χ3v) is 2.98. The summed E-state index contributed by atoms with van der Waals surface area (Å²) < 4.78 is 0. The number of benzene rings is 1. The highest BCUT2D eigenvalue weighted by Crippen LogP contribution is 2.28. The van der Waals surface area contributed by atoms with Gasteiger partial charge in [-0.2, -0.15) is 0 Å². The van der Waals surface area contributed by atoms with Gasteiger partial charge in [0.25, 0.3) is 0 Å². The largest absolute Gasteiger partial charge is 0.380 e. The smallest absolute Gasteiger partial charge is 0.229 e. The van der Waals surface area contributed by atoms with Crippen LogP contribution in [-0.2, 0) is 4.79 Å². The van der Waals surface area contributed by atoms with E-state index in [4.69, 9.17) is 0 Å². The summed E-state index contributed by atoms with van der Waals surface area (Å²) in [5.41, 5.74) is 3.04. The lowest BCUT2D eigenvalue weighted by Gasteiger charge is -2.16. The predicted molar refractivity (Wildman–Crippen MR) is 62.1 cm³/mol. The summed E-state index contributed by atoms with van der Waals surface area (Å²) in [6, 6.07) is 6.21. The number of carbonyl (C=O) groups excluding carboxylic acids is 1. The van der Waals surface area contributed by atoms with E-state index in [1.807, 2.05) is 39.0 Å². The number of amides is 1. The van der Waals surface area contributed by atoms with Crippen LogP contribution < -0.4 is 10.6 Å². The molecule has 0 fully saturated rings. The molecule has 2 unspecified atom stereocenters. The Morgan fingerprint density at radius 1 is 1.20 bits per heavy atom. The SMILES string of the molecule is Cc1ccc2c(c1)NC(=O)C(C)C(C)N2. The normalized spacial score (nSPS) is 24.9. The van der Waals surface area contributed by atoms with Gasteiger partial charge in [0.05, 0.1) is 17.3 Å². The molecule has 0 aliphatic carbocycles. The second kappa shape index (κ2) is 3.57. The molecule has 3 nitrogen and oxygen atoms in total. The first-order chi connectivity index (χ1) is 7.08. The fourth-order valence-corrected chi connectivity index (χ4v) is 1.73. The van der Waals surface area contributed by atoms with Crippen molar-refractivity contribution in [3.05, 3.63) is 23.8 Å². The summed E-state index contributed by atoms with van der Waals surface area (Å²) in [6.07, 6.45) is 0. The van der Waals surface area contributed by atoms with E-state index in [0.717, 1.165) is 16.9 Å². The lowest BCUT2D eigenvalue weighted by atomic mass is 10.0. The molecule has 1 aliphatic rings. The molecule has 1 aromatic rings. The van der Waals surface area contributed by atoms with E-state index >= 15 is 0 Å². The third kappa shape index (κ3) is 1.82. The molecule has 0 saturated carbocycles. The molecule has 0 bridgehead atoms. The van der Waals surface area contributed by atoms with Gasteiger partial charge in [-0.3, -0.25) is 4.79 Å². The highest BCUT2D eigenvalue weighted by molar-refractivity contribution is 5.97. The van der Waals surface area contributed by atoms with Crippen LogP contribution >= 0.6 is 0 Å². The monoisotopic (exact) mass is 204 g/mol. The minimum atomic E-state index is -0.0160. The molecular weight excluding hydrogens is 188 g/mol. The zero-order valence-electron chi connectivity index (χ0n) is 9.29. The number of aryl methyl sites for hydroxylation is 1. The van der Waals surface area contributed by atoms with Crippen molar-refractivity contribution in [2.24, 2.45) is 5.92 Å². The molecule has 1 heterocycles. The van der Waals surface area contributed by atoms with Gasteiger partial charge in [-0.15, -0.1) is 0 Å². The molecule has 2 N–H and O–H groups in total. The second-order valence-corrected chi connectivity index (χ2v) is 4.26. The highest BCUT2D eigenvalue weighted by Gasteiger charge is 2.25. The van der Waals surface area contributed by atoms with Gasteiger partial charge in [0.2, 0.25) is 5.91 Å². The number of carbonyl (C=O) groups is 1. The van der Waals surface area contributed by atoms with Crippen molar-refractivity contribution in [3.63, 3.8) is 0 Å². The first kappa shape index (κ1) is 10.0. The molecule has 1 aromatic carbocycles. The molecule has 80 valence electrons. The van der Waals surface area contributed by atoms with Gasteiger partial charge >= 0.3 is 0 Å². The summed E-state index contributed by atoms with van der Waals surface area (Å²) in [5.74, 6) is 0.0667. The molecule has 0 saturated heterocycles. The van der Waals surface area contributed by atoms with E-state index in [0.29, 0.717) is 0 Å². The summed E-state index contributed by atoms with van der Waals surface area (Å²) in [4.78, 5) is 11.7. The maximum Gasteiger partial charge on any atom is 0.229 e. The quantitative estimate of drug-likeness (QED) is 0.681. The molecule has 0 radical (unpaired) electrons. The predicted octanol–water partition coefficient (Wildman–Crippen LogP) is 2.38. The Kier molecular flexibility index (Phi) is 2.39. The number of hydrogen-bond acceptors (Lipinski definition) is 2. The topological polar surface area (TPSA) is 41.1 Å². The Balaban J connectivity index is 2.42. The molecule has 0 aromatic heterocycles. The van der Waals surface area contributed by atoms with E-state index < -0.39 is 0 Å². The number of nitrogens with one attached hydrogen (secondary N) is 2. The van der Waals surface area contributed by atoms with Crippen LogP contribution in [0.25, 0.3) is 0 Å². The number of rotatable bonds is 0. The van der Waals surface area contributed by atoms with Crippen LogP contribution in [0, 0.1) is 12.8 Å². The van der Waals surface area contributed by atoms with Gasteiger partial charge in [-0.25, -0.2) is 0 Å². The van der Waals surface area contributed by atoms with Crippen molar-refractivity contribution >= 4 is 17.3 Å². The van der Waals surface area contributed by atoms with Gasteiger partial charge in [0.15, 0.2) is 0 Å². The Morgan fingerprint density at radius 2 is 1.93 bits per heavy atom. The maximum atomic E-state index is 11.7. The highest BCUT2D eigenvalue weighted by atomic mass is 16.1. The standard InChI is InChI=1S/C12H16N2O/c1-7-4-5-10-11(6-7)14-12(15)8(2)9(3)13-10/h4-6,8-9,13H,1-3H3,(H,14,15). The van der Waals surface area contributed by atoms with E-state index in [9.17, 15) is 4.79 Å². The molecule has 0 spiro atoms. The molecule has 1 amide bonds. The molecule has 15 heavy (non-hydrogen) atoms. The Morgan fingerprint density at radius 3 is 2.67 bits per heavy atom. The van der Waals surface area contributed by atoms with Crippen LogP contribution in [0.15, 0.2) is 18.2 Å². The number of anilines is 2. The van der Waals surface area contributed by atoms with Crippen molar-refractivity contribution in [2.45, 2.75) is 26.8 Å². The summed E-state index contributed by atoms with van der Waals surface area (Å²) in [6.45, 7) is 5.98.